The van der Waals surface area contributed by atoms with Crippen LogP contribution in [0, 0.1) is 5.41 Å². The molecule has 1 aromatic carbocycles. The topological polar surface area (TPSA) is 46.5 Å². The van der Waals surface area contributed by atoms with Gasteiger partial charge in [-0.25, -0.2) is 0 Å². The van der Waals surface area contributed by atoms with Crippen LogP contribution in [0.25, 0.3) is 0 Å². The van der Waals surface area contributed by atoms with Gasteiger partial charge >= 0.3 is 5.97 Å². The van der Waals surface area contributed by atoms with Crippen LogP contribution in [0.2, 0.25) is 0 Å². The van der Waals surface area contributed by atoms with E-state index in [-0.39, 0.29) is 5.97 Å². The smallest absolute Gasteiger partial charge is 0.312 e. The number of hydrogen-bond donors (Lipinski definition) is 1. The van der Waals surface area contributed by atoms with Crippen LogP contribution in [0.5, 0.6) is 0 Å². The Bertz CT molecular complexity index is 507. The molecule has 3 heteroatoms. The lowest BCUT2D eigenvalue weighted by atomic mass is 9.88. The van der Waals surface area contributed by atoms with Crippen molar-refractivity contribution in [1.82, 2.24) is 0 Å². The molecule has 0 heterocycles. The molecule has 0 bridgehead atoms. The summed E-state index contributed by atoms with van der Waals surface area (Å²) in [5.41, 5.74) is -0.462. The number of rotatable bonds is 5. The average molecular weight is 292 g/mol. The van der Waals surface area contributed by atoms with Gasteiger partial charge in [-0.2, -0.15) is 0 Å². The van der Waals surface area contributed by atoms with Crippen LogP contribution in [-0.4, -0.2) is 11.1 Å². The Morgan fingerprint density at radius 1 is 1.10 bits per heavy atom. The van der Waals surface area contributed by atoms with Crippen molar-refractivity contribution in [2.75, 3.05) is 0 Å². The number of aliphatic hydroxyl groups is 1. The van der Waals surface area contributed by atoms with Crippen LogP contribution in [0.15, 0.2) is 24.3 Å². The van der Waals surface area contributed by atoms with Gasteiger partial charge in [-0.05, 0) is 65.2 Å². The van der Waals surface area contributed by atoms with E-state index >= 15 is 0 Å². The number of carbonyl (C=O) groups is 1. The highest BCUT2D eigenvalue weighted by molar-refractivity contribution is 5.76. The second-order valence-electron chi connectivity index (χ2n) is 7.28. The molecule has 0 amide bonds. The van der Waals surface area contributed by atoms with Crippen LogP contribution in [0.1, 0.15) is 66.0 Å². The summed E-state index contributed by atoms with van der Waals surface area (Å²) in [4.78, 5) is 12.3. The lowest BCUT2D eigenvalue weighted by molar-refractivity contribution is -0.168. The van der Waals surface area contributed by atoms with Crippen molar-refractivity contribution in [3.63, 3.8) is 0 Å². The van der Waals surface area contributed by atoms with Crippen molar-refractivity contribution < 1.29 is 14.6 Å². The van der Waals surface area contributed by atoms with Gasteiger partial charge in [0.2, 0.25) is 0 Å². The summed E-state index contributed by atoms with van der Waals surface area (Å²) in [6.45, 7) is 13.0. The standard InChI is InChI=1S/C18H28O3/c1-8-16(2,3)15(19)21-18(6,7)14-11-9-10-13(12-14)17(4,5)20/h9-12,20H,8H2,1-7H3. The molecular formula is C18H28O3. The molecular weight excluding hydrogens is 264 g/mol. The summed E-state index contributed by atoms with van der Waals surface area (Å²) in [7, 11) is 0. The van der Waals surface area contributed by atoms with Crippen molar-refractivity contribution in [3.05, 3.63) is 35.4 Å². The van der Waals surface area contributed by atoms with Gasteiger partial charge in [0.25, 0.3) is 0 Å². The quantitative estimate of drug-likeness (QED) is 0.830. The molecule has 0 fully saturated rings. The monoisotopic (exact) mass is 292 g/mol. The zero-order valence-corrected chi connectivity index (χ0v) is 14.3. The minimum Gasteiger partial charge on any atom is -0.454 e. The second kappa shape index (κ2) is 5.80. The molecule has 0 aliphatic rings. The average Bonchev–Trinajstić information content (AvgIpc) is 2.37. The zero-order chi connectivity index (χ0) is 16.5. The maximum atomic E-state index is 12.3. The summed E-state index contributed by atoms with van der Waals surface area (Å²) in [5.74, 6) is -0.205. The molecule has 0 aliphatic carbocycles. The van der Waals surface area contributed by atoms with Crippen molar-refractivity contribution in [1.29, 1.82) is 0 Å². The van der Waals surface area contributed by atoms with Gasteiger partial charge in [0, 0.05) is 0 Å². The van der Waals surface area contributed by atoms with Gasteiger partial charge in [-0.3, -0.25) is 4.79 Å². The number of benzene rings is 1. The third-order valence-electron chi connectivity index (χ3n) is 4.05. The van der Waals surface area contributed by atoms with E-state index in [9.17, 15) is 9.90 Å². The Balaban J connectivity index is 3.06. The fourth-order valence-corrected chi connectivity index (χ4v) is 1.85. The third kappa shape index (κ3) is 4.31. The summed E-state index contributed by atoms with van der Waals surface area (Å²) in [6, 6.07) is 7.56. The van der Waals surface area contributed by atoms with Crippen molar-refractivity contribution in [2.45, 2.75) is 66.1 Å². The molecule has 1 rings (SSSR count). The van der Waals surface area contributed by atoms with Gasteiger partial charge in [0.05, 0.1) is 11.0 Å². The van der Waals surface area contributed by atoms with E-state index in [2.05, 4.69) is 0 Å². The van der Waals surface area contributed by atoms with Crippen molar-refractivity contribution >= 4 is 5.97 Å². The lowest BCUT2D eigenvalue weighted by Gasteiger charge is -2.31. The molecule has 118 valence electrons. The molecule has 0 saturated heterocycles. The normalized spacial score (nSPS) is 13.1. The predicted octanol–water partition coefficient (Wildman–Crippen LogP) is 4.13. The Hall–Kier alpha value is -1.35. The fraction of sp³-hybridized carbons (Fsp3) is 0.611. The highest BCUT2D eigenvalue weighted by Crippen LogP contribution is 2.32. The van der Waals surface area contributed by atoms with E-state index < -0.39 is 16.6 Å². The Morgan fingerprint density at radius 3 is 2.10 bits per heavy atom. The SMILES string of the molecule is CCC(C)(C)C(=O)OC(C)(C)c1cccc(C(C)(C)O)c1. The molecule has 1 aromatic rings. The van der Waals surface area contributed by atoms with Crippen LogP contribution < -0.4 is 0 Å². The minimum absolute atomic E-state index is 0.205. The summed E-state index contributed by atoms with van der Waals surface area (Å²) >= 11 is 0. The van der Waals surface area contributed by atoms with Gasteiger partial charge in [0.15, 0.2) is 0 Å². The van der Waals surface area contributed by atoms with E-state index in [1.165, 1.54) is 0 Å². The molecule has 0 spiro atoms. The summed E-state index contributed by atoms with van der Waals surface area (Å²) < 4.78 is 5.73. The molecule has 0 aliphatic heterocycles. The highest BCUT2D eigenvalue weighted by Gasteiger charge is 2.34. The summed E-state index contributed by atoms with van der Waals surface area (Å²) in [6.07, 6.45) is 0.728. The molecule has 3 nitrogen and oxygen atoms in total. The van der Waals surface area contributed by atoms with Crippen LogP contribution in [-0.2, 0) is 20.7 Å². The van der Waals surface area contributed by atoms with Gasteiger partial charge < -0.3 is 9.84 Å². The number of esters is 1. The first kappa shape index (κ1) is 17.7. The maximum absolute atomic E-state index is 12.3. The number of ether oxygens (including phenoxy) is 1. The van der Waals surface area contributed by atoms with Crippen molar-refractivity contribution in [2.24, 2.45) is 5.41 Å². The van der Waals surface area contributed by atoms with Gasteiger partial charge in [0.1, 0.15) is 5.60 Å². The number of carbonyl (C=O) groups excluding carboxylic acids is 1. The Kier molecular flexibility index (Phi) is 4.89. The largest absolute Gasteiger partial charge is 0.454 e. The molecule has 0 unspecified atom stereocenters. The first-order chi connectivity index (χ1) is 9.40. The molecule has 0 aromatic heterocycles. The molecule has 21 heavy (non-hydrogen) atoms. The highest BCUT2D eigenvalue weighted by atomic mass is 16.6. The first-order valence-corrected chi connectivity index (χ1v) is 7.47. The van der Waals surface area contributed by atoms with E-state index in [1.54, 1.807) is 13.8 Å². The molecule has 0 atom stereocenters. The van der Waals surface area contributed by atoms with Crippen LogP contribution in [0.4, 0.5) is 0 Å². The van der Waals surface area contributed by atoms with E-state index in [0.29, 0.717) is 0 Å². The Labute approximate surface area is 128 Å². The molecule has 1 N–H and O–H groups in total. The minimum atomic E-state index is -0.918. The third-order valence-corrected chi connectivity index (χ3v) is 4.05. The Morgan fingerprint density at radius 2 is 1.62 bits per heavy atom. The van der Waals surface area contributed by atoms with Crippen LogP contribution in [0.3, 0.4) is 0 Å². The first-order valence-electron chi connectivity index (χ1n) is 7.47. The zero-order valence-electron chi connectivity index (χ0n) is 14.3. The van der Waals surface area contributed by atoms with Crippen molar-refractivity contribution in [3.8, 4) is 0 Å². The fourth-order valence-electron chi connectivity index (χ4n) is 1.85. The van der Waals surface area contributed by atoms with E-state index in [1.807, 2.05) is 58.9 Å². The maximum Gasteiger partial charge on any atom is 0.312 e. The summed E-state index contributed by atoms with van der Waals surface area (Å²) in [5, 5.41) is 10.1. The van der Waals surface area contributed by atoms with Crippen LogP contribution >= 0.6 is 0 Å². The second-order valence-corrected chi connectivity index (χ2v) is 7.28. The lowest BCUT2D eigenvalue weighted by Crippen LogP contribution is -2.34. The molecule has 0 saturated carbocycles. The number of hydrogen-bond acceptors (Lipinski definition) is 3. The predicted molar refractivity (Wildman–Crippen MR) is 84.9 cm³/mol. The molecule has 0 radical (unpaired) electrons. The van der Waals surface area contributed by atoms with Gasteiger partial charge in [-0.15, -0.1) is 0 Å². The van der Waals surface area contributed by atoms with Gasteiger partial charge in [-0.1, -0.05) is 25.1 Å². The van der Waals surface area contributed by atoms with E-state index in [0.717, 1.165) is 17.5 Å². The van der Waals surface area contributed by atoms with E-state index in [4.69, 9.17) is 4.74 Å².